The molecule has 1 N–H and O–H groups in total. The Labute approximate surface area is 93.4 Å². The summed E-state index contributed by atoms with van der Waals surface area (Å²) < 4.78 is 0. The number of hydrogen-bond donors (Lipinski definition) is 1. The molecule has 1 aliphatic carbocycles. The highest BCUT2D eigenvalue weighted by molar-refractivity contribution is 6.04. The molecule has 2 unspecified atom stereocenters. The van der Waals surface area contributed by atoms with Crippen LogP contribution in [0.1, 0.15) is 32.6 Å². The van der Waals surface area contributed by atoms with E-state index < -0.39 is 12.0 Å². The lowest BCUT2D eigenvalue weighted by atomic mass is 10.1. The first-order valence-electron chi connectivity index (χ1n) is 5.58. The predicted octanol–water partition coefficient (Wildman–Crippen LogP) is 0.635. The van der Waals surface area contributed by atoms with Gasteiger partial charge in [0, 0.05) is 12.3 Å². The van der Waals surface area contributed by atoms with Crippen molar-refractivity contribution in [2.75, 3.05) is 0 Å². The number of likely N-dealkylation sites (tertiary alicyclic amines) is 1. The Balaban J connectivity index is 2.15. The molecule has 1 saturated heterocycles. The molecule has 0 radical (unpaired) electrons. The monoisotopic (exact) mass is 225 g/mol. The van der Waals surface area contributed by atoms with Crippen LogP contribution in [0, 0.1) is 11.8 Å². The Morgan fingerprint density at radius 2 is 2.12 bits per heavy atom. The fourth-order valence-electron chi connectivity index (χ4n) is 2.28. The molecule has 0 aromatic heterocycles. The smallest absolute Gasteiger partial charge is 0.305 e. The number of amides is 2. The third-order valence-corrected chi connectivity index (χ3v) is 3.29. The van der Waals surface area contributed by atoms with Crippen molar-refractivity contribution in [2.45, 2.75) is 38.6 Å². The molecular formula is C11H15NO4. The van der Waals surface area contributed by atoms with Gasteiger partial charge in [0.15, 0.2) is 0 Å². The molecule has 16 heavy (non-hydrogen) atoms. The van der Waals surface area contributed by atoms with Gasteiger partial charge in [-0.25, -0.2) is 0 Å². The maximum Gasteiger partial charge on any atom is 0.305 e. The minimum atomic E-state index is -0.947. The van der Waals surface area contributed by atoms with E-state index in [-0.39, 0.29) is 36.5 Å². The predicted molar refractivity (Wildman–Crippen MR) is 54.4 cm³/mol. The fourth-order valence-corrected chi connectivity index (χ4v) is 2.28. The summed E-state index contributed by atoms with van der Waals surface area (Å²) in [6.07, 6.45) is 1.95. The van der Waals surface area contributed by atoms with Gasteiger partial charge in [0.25, 0.3) is 0 Å². The summed E-state index contributed by atoms with van der Waals surface area (Å²) >= 11 is 0. The van der Waals surface area contributed by atoms with Crippen molar-refractivity contribution in [3.8, 4) is 0 Å². The Morgan fingerprint density at radius 1 is 1.50 bits per heavy atom. The molecule has 0 aromatic carbocycles. The minimum absolute atomic E-state index is 0.116. The summed E-state index contributed by atoms with van der Waals surface area (Å²) in [7, 11) is 0. The largest absolute Gasteiger partial charge is 0.481 e. The number of carbonyl (C=O) groups is 3. The summed E-state index contributed by atoms with van der Waals surface area (Å²) in [5.41, 5.74) is 0. The zero-order valence-corrected chi connectivity index (χ0v) is 9.18. The van der Waals surface area contributed by atoms with Crippen molar-refractivity contribution in [2.24, 2.45) is 11.8 Å². The van der Waals surface area contributed by atoms with Gasteiger partial charge in [0.05, 0.1) is 12.5 Å². The van der Waals surface area contributed by atoms with E-state index in [1.54, 1.807) is 6.92 Å². The zero-order valence-electron chi connectivity index (χ0n) is 9.18. The number of aliphatic carboxylic acids is 1. The molecule has 0 spiro atoms. The maximum atomic E-state index is 11.8. The van der Waals surface area contributed by atoms with Crippen LogP contribution >= 0.6 is 0 Å². The summed E-state index contributed by atoms with van der Waals surface area (Å²) in [5.74, 6) is -1.45. The third kappa shape index (κ3) is 1.94. The number of imide groups is 1. The molecule has 0 bridgehead atoms. The van der Waals surface area contributed by atoms with E-state index in [4.69, 9.17) is 5.11 Å². The highest BCUT2D eigenvalue weighted by atomic mass is 16.4. The van der Waals surface area contributed by atoms with Crippen LogP contribution in [0.15, 0.2) is 0 Å². The van der Waals surface area contributed by atoms with Gasteiger partial charge in [0.2, 0.25) is 11.8 Å². The molecule has 2 fully saturated rings. The first-order chi connectivity index (χ1) is 7.50. The highest BCUT2D eigenvalue weighted by Gasteiger charge is 2.46. The van der Waals surface area contributed by atoms with Crippen LogP contribution in [-0.2, 0) is 14.4 Å². The Hall–Kier alpha value is -1.39. The summed E-state index contributed by atoms with van der Waals surface area (Å²) in [6, 6.07) is -0.414. The van der Waals surface area contributed by atoms with Gasteiger partial charge in [-0.05, 0) is 18.8 Å². The van der Waals surface area contributed by atoms with Crippen molar-refractivity contribution in [1.29, 1.82) is 0 Å². The molecule has 1 saturated carbocycles. The third-order valence-electron chi connectivity index (χ3n) is 3.29. The molecular weight excluding hydrogens is 210 g/mol. The second kappa shape index (κ2) is 3.88. The van der Waals surface area contributed by atoms with Gasteiger partial charge in [0.1, 0.15) is 0 Å². The van der Waals surface area contributed by atoms with Crippen LogP contribution in [-0.4, -0.2) is 33.8 Å². The van der Waals surface area contributed by atoms with Crippen LogP contribution in [0.2, 0.25) is 0 Å². The molecule has 88 valence electrons. The standard InChI is InChI=1S/C11H15NO4/c1-6-4-9(13)12(11(6)16)8(5-10(14)15)7-2-3-7/h6-8H,2-5H2,1H3,(H,14,15). The Kier molecular flexibility index (Phi) is 2.69. The van der Waals surface area contributed by atoms with Crippen LogP contribution < -0.4 is 0 Å². The van der Waals surface area contributed by atoms with E-state index in [1.807, 2.05) is 0 Å². The maximum absolute atomic E-state index is 11.8. The van der Waals surface area contributed by atoms with Crippen molar-refractivity contribution in [1.82, 2.24) is 4.90 Å². The number of carbonyl (C=O) groups excluding carboxylic acids is 2. The Bertz CT molecular complexity index is 348. The lowest BCUT2D eigenvalue weighted by Crippen LogP contribution is -2.42. The van der Waals surface area contributed by atoms with E-state index in [9.17, 15) is 14.4 Å². The van der Waals surface area contributed by atoms with Gasteiger partial charge < -0.3 is 5.11 Å². The van der Waals surface area contributed by atoms with E-state index in [1.165, 1.54) is 4.90 Å². The average Bonchev–Trinajstić information content (AvgIpc) is 2.95. The van der Waals surface area contributed by atoms with Crippen molar-refractivity contribution in [3.63, 3.8) is 0 Å². The van der Waals surface area contributed by atoms with Crippen molar-refractivity contribution < 1.29 is 19.5 Å². The fraction of sp³-hybridized carbons (Fsp3) is 0.727. The average molecular weight is 225 g/mol. The number of carboxylic acids is 1. The highest BCUT2D eigenvalue weighted by Crippen LogP contribution is 2.39. The van der Waals surface area contributed by atoms with E-state index in [2.05, 4.69) is 0 Å². The van der Waals surface area contributed by atoms with Crippen LogP contribution in [0.3, 0.4) is 0 Å². The molecule has 1 heterocycles. The van der Waals surface area contributed by atoms with Gasteiger partial charge in [-0.15, -0.1) is 0 Å². The number of rotatable bonds is 4. The molecule has 2 aliphatic rings. The summed E-state index contributed by atoms with van der Waals surface area (Å²) in [4.78, 5) is 35.4. The van der Waals surface area contributed by atoms with Gasteiger partial charge in [-0.3, -0.25) is 19.3 Å². The molecule has 5 heteroatoms. The van der Waals surface area contributed by atoms with Crippen molar-refractivity contribution in [3.05, 3.63) is 0 Å². The molecule has 2 rings (SSSR count). The second-order valence-corrected chi connectivity index (χ2v) is 4.71. The second-order valence-electron chi connectivity index (χ2n) is 4.71. The SMILES string of the molecule is CC1CC(=O)N(C(CC(=O)O)C2CC2)C1=O. The quantitative estimate of drug-likeness (QED) is 0.712. The van der Waals surface area contributed by atoms with E-state index in [0.29, 0.717) is 0 Å². The van der Waals surface area contributed by atoms with E-state index >= 15 is 0 Å². The molecule has 5 nitrogen and oxygen atoms in total. The van der Waals surface area contributed by atoms with Crippen LogP contribution in [0.4, 0.5) is 0 Å². The Morgan fingerprint density at radius 3 is 2.50 bits per heavy atom. The van der Waals surface area contributed by atoms with E-state index in [0.717, 1.165) is 12.8 Å². The summed E-state index contributed by atoms with van der Waals surface area (Å²) in [5, 5.41) is 8.81. The molecule has 0 aromatic rings. The lowest BCUT2D eigenvalue weighted by molar-refractivity contribution is -0.145. The minimum Gasteiger partial charge on any atom is -0.481 e. The van der Waals surface area contributed by atoms with Gasteiger partial charge in [-0.1, -0.05) is 6.92 Å². The van der Waals surface area contributed by atoms with Crippen LogP contribution in [0.5, 0.6) is 0 Å². The normalized spacial score (nSPS) is 27.3. The zero-order chi connectivity index (χ0) is 11.9. The van der Waals surface area contributed by atoms with Crippen molar-refractivity contribution >= 4 is 17.8 Å². The number of carboxylic acid groups (broad SMARTS) is 1. The molecule has 2 amide bonds. The molecule has 2 atom stereocenters. The van der Waals surface area contributed by atoms with Gasteiger partial charge in [-0.2, -0.15) is 0 Å². The van der Waals surface area contributed by atoms with Crippen LogP contribution in [0.25, 0.3) is 0 Å². The van der Waals surface area contributed by atoms with Gasteiger partial charge >= 0.3 is 5.97 Å². The lowest BCUT2D eigenvalue weighted by Gasteiger charge is -2.25. The first kappa shape index (κ1) is 11.1. The summed E-state index contributed by atoms with van der Waals surface area (Å²) in [6.45, 7) is 1.71. The topological polar surface area (TPSA) is 74.7 Å². The number of nitrogens with zero attached hydrogens (tertiary/aromatic N) is 1. The first-order valence-corrected chi connectivity index (χ1v) is 5.58. The molecule has 1 aliphatic heterocycles. The number of hydrogen-bond acceptors (Lipinski definition) is 3.